The van der Waals surface area contributed by atoms with Gasteiger partial charge in [-0.1, -0.05) is 12.1 Å². The zero-order chi connectivity index (χ0) is 15.7. The number of hydrogen-bond acceptors (Lipinski definition) is 3. The van der Waals surface area contributed by atoms with Crippen LogP contribution in [0.4, 0.5) is 0 Å². The molecule has 1 fully saturated rings. The molecule has 1 atom stereocenters. The van der Waals surface area contributed by atoms with Gasteiger partial charge in [0, 0.05) is 17.5 Å². The summed E-state index contributed by atoms with van der Waals surface area (Å²) in [6, 6.07) is 8.25. The summed E-state index contributed by atoms with van der Waals surface area (Å²) in [6.45, 7) is 7.28. The van der Waals surface area contributed by atoms with Crippen LogP contribution >= 0.6 is 0 Å². The van der Waals surface area contributed by atoms with E-state index in [2.05, 4.69) is 37.0 Å². The predicted molar refractivity (Wildman–Crippen MR) is 86.3 cm³/mol. The van der Waals surface area contributed by atoms with Crippen molar-refractivity contribution in [1.82, 2.24) is 4.98 Å². The molecule has 0 bridgehead atoms. The standard InChI is InChI=1S/C18H23NO3/c1-4-21-17(20)16-10-13-6-5-12(9-15(13)19-16)14-7-8-22-18(2,3)11-14/h5-6,9-10,14,19H,4,7-8,11H2,1-3H3/t14-/m0/s1. The minimum absolute atomic E-state index is 0.0658. The van der Waals surface area contributed by atoms with Crippen LogP contribution in [0.2, 0.25) is 0 Å². The highest BCUT2D eigenvalue weighted by atomic mass is 16.5. The van der Waals surface area contributed by atoms with Gasteiger partial charge in [0.2, 0.25) is 0 Å². The van der Waals surface area contributed by atoms with Gasteiger partial charge in [0.25, 0.3) is 0 Å². The van der Waals surface area contributed by atoms with Gasteiger partial charge in [0.1, 0.15) is 5.69 Å². The van der Waals surface area contributed by atoms with E-state index in [-0.39, 0.29) is 11.6 Å². The summed E-state index contributed by atoms with van der Waals surface area (Å²) < 4.78 is 10.8. The maximum Gasteiger partial charge on any atom is 0.354 e. The number of esters is 1. The highest BCUT2D eigenvalue weighted by molar-refractivity contribution is 5.95. The van der Waals surface area contributed by atoms with Crippen molar-refractivity contribution in [3.8, 4) is 0 Å². The minimum atomic E-state index is -0.299. The van der Waals surface area contributed by atoms with Crippen molar-refractivity contribution in [3.05, 3.63) is 35.5 Å². The van der Waals surface area contributed by atoms with Crippen LogP contribution in [0.1, 0.15) is 55.6 Å². The number of ether oxygens (including phenoxy) is 2. The first-order chi connectivity index (χ1) is 10.5. The number of carbonyl (C=O) groups is 1. The van der Waals surface area contributed by atoms with E-state index in [1.807, 2.05) is 13.0 Å². The lowest BCUT2D eigenvalue weighted by atomic mass is 9.83. The van der Waals surface area contributed by atoms with E-state index in [1.165, 1.54) is 5.56 Å². The summed E-state index contributed by atoms with van der Waals surface area (Å²) in [4.78, 5) is 15.0. The van der Waals surface area contributed by atoms with Crippen LogP contribution in [-0.2, 0) is 9.47 Å². The van der Waals surface area contributed by atoms with Gasteiger partial charge in [0.05, 0.1) is 12.2 Å². The zero-order valence-electron chi connectivity index (χ0n) is 13.4. The fourth-order valence-corrected chi connectivity index (χ4v) is 3.23. The van der Waals surface area contributed by atoms with E-state index >= 15 is 0 Å². The molecule has 2 heterocycles. The Bertz CT molecular complexity index is 687. The quantitative estimate of drug-likeness (QED) is 0.871. The second-order valence-electron chi connectivity index (χ2n) is 6.55. The monoisotopic (exact) mass is 301 g/mol. The van der Waals surface area contributed by atoms with Gasteiger partial charge in [-0.15, -0.1) is 0 Å². The van der Waals surface area contributed by atoms with Gasteiger partial charge in [-0.25, -0.2) is 4.79 Å². The maximum atomic E-state index is 11.8. The number of fused-ring (bicyclic) bond motifs is 1. The van der Waals surface area contributed by atoms with E-state index in [1.54, 1.807) is 0 Å². The molecule has 1 aliphatic rings. The molecule has 1 aliphatic heterocycles. The fourth-order valence-electron chi connectivity index (χ4n) is 3.23. The van der Waals surface area contributed by atoms with Crippen LogP contribution in [0.15, 0.2) is 24.3 Å². The van der Waals surface area contributed by atoms with Crippen LogP contribution in [0.3, 0.4) is 0 Å². The fraction of sp³-hybridized carbons (Fsp3) is 0.500. The van der Waals surface area contributed by atoms with Crippen molar-refractivity contribution >= 4 is 16.9 Å². The Labute approximate surface area is 130 Å². The molecule has 0 radical (unpaired) electrons. The third-order valence-electron chi connectivity index (χ3n) is 4.31. The van der Waals surface area contributed by atoms with Crippen molar-refractivity contribution in [1.29, 1.82) is 0 Å². The first-order valence-electron chi connectivity index (χ1n) is 7.92. The lowest BCUT2D eigenvalue weighted by Crippen LogP contribution is -2.32. The van der Waals surface area contributed by atoms with Gasteiger partial charge >= 0.3 is 5.97 Å². The summed E-state index contributed by atoms with van der Waals surface area (Å²) in [5, 5.41) is 1.04. The van der Waals surface area contributed by atoms with Crippen molar-refractivity contribution in [3.63, 3.8) is 0 Å². The second kappa shape index (κ2) is 5.76. The van der Waals surface area contributed by atoms with Crippen LogP contribution in [-0.4, -0.2) is 29.8 Å². The van der Waals surface area contributed by atoms with Crippen molar-refractivity contribution in [2.75, 3.05) is 13.2 Å². The SMILES string of the molecule is CCOC(=O)c1cc2ccc([C@H]3CCOC(C)(C)C3)cc2[nH]1. The number of carbonyl (C=O) groups excluding carboxylic acids is 1. The zero-order valence-corrected chi connectivity index (χ0v) is 13.4. The average Bonchev–Trinajstić information content (AvgIpc) is 2.89. The van der Waals surface area contributed by atoms with E-state index in [0.717, 1.165) is 30.4 Å². The molecule has 1 saturated heterocycles. The molecule has 118 valence electrons. The van der Waals surface area contributed by atoms with Gasteiger partial charge in [-0.2, -0.15) is 0 Å². The summed E-state index contributed by atoms with van der Waals surface area (Å²) in [7, 11) is 0. The molecule has 0 amide bonds. The molecule has 2 aromatic rings. The molecular formula is C18H23NO3. The normalized spacial score (nSPS) is 21.0. The number of H-pyrrole nitrogens is 1. The smallest absolute Gasteiger partial charge is 0.354 e. The number of rotatable bonds is 3. The summed E-state index contributed by atoms with van der Waals surface area (Å²) >= 11 is 0. The van der Waals surface area contributed by atoms with Gasteiger partial charge in [-0.3, -0.25) is 0 Å². The Hall–Kier alpha value is -1.81. The first kappa shape index (κ1) is 15.1. The van der Waals surface area contributed by atoms with Gasteiger partial charge < -0.3 is 14.5 Å². The number of nitrogens with one attached hydrogen (secondary N) is 1. The first-order valence-corrected chi connectivity index (χ1v) is 7.92. The molecule has 1 aromatic heterocycles. The Morgan fingerprint density at radius 2 is 2.23 bits per heavy atom. The molecule has 4 heteroatoms. The lowest BCUT2D eigenvalue weighted by molar-refractivity contribution is -0.0592. The molecule has 0 saturated carbocycles. The summed E-state index contributed by atoms with van der Waals surface area (Å²) in [5.41, 5.74) is 2.75. The minimum Gasteiger partial charge on any atom is -0.461 e. The van der Waals surface area contributed by atoms with Crippen LogP contribution in [0.5, 0.6) is 0 Å². The molecule has 1 aromatic carbocycles. The van der Waals surface area contributed by atoms with Crippen LogP contribution in [0, 0.1) is 0 Å². The number of aromatic amines is 1. The Morgan fingerprint density at radius 1 is 1.41 bits per heavy atom. The molecule has 1 N–H and O–H groups in total. The molecule has 4 nitrogen and oxygen atoms in total. The van der Waals surface area contributed by atoms with Gasteiger partial charge in [-0.05, 0) is 57.2 Å². The highest BCUT2D eigenvalue weighted by Crippen LogP contribution is 2.36. The predicted octanol–water partition coefficient (Wildman–Crippen LogP) is 4.02. The largest absolute Gasteiger partial charge is 0.461 e. The maximum absolute atomic E-state index is 11.8. The third kappa shape index (κ3) is 3.02. The van der Waals surface area contributed by atoms with Crippen molar-refractivity contribution in [2.45, 2.75) is 45.1 Å². The third-order valence-corrected chi connectivity index (χ3v) is 4.31. The highest BCUT2D eigenvalue weighted by Gasteiger charge is 2.29. The molecule has 0 aliphatic carbocycles. The topological polar surface area (TPSA) is 51.3 Å². The van der Waals surface area contributed by atoms with Crippen LogP contribution < -0.4 is 0 Å². The Kier molecular flexibility index (Phi) is 3.96. The number of hydrogen-bond donors (Lipinski definition) is 1. The average molecular weight is 301 g/mol. The van der Waals surface area contributed by atoms with E-state index in [4.69, 9.17) is 9.47 Å². The van der Waals surface area contributed by atoms with Crippen LogP contribution in [0.25, 0.3) is 10.9 Å². The number of aromatic nitrogens is 1. The Morgan fingerprint density at radius 3 is 2.95 bits per heavy atom. The summed E-state index contributed by atoms with van der Waals surface area (Å²) in [5.74, 6) is 0.204. The molecular weight excluding hydrogens is 278 g/mol. The van der Waals surface area contributed by atoms with E-state index in [0.29, 0.717) is 18.2 Å². The van der Waals surface area contributed by atoms with Crippen molar-refractivity contribution in [2.24, 2.45) is 0 Å². The lowest BCUT2D eigenvalue weighted by Gasteiger charge is -2.35. The second-order valence-corrected chi connectivity index (χ2v) is 6.55. The molecule has 0 spiro atoms. The van der Waals surface area contributed by atoms with Crippen molar-refractivity contribution < 1.29 is 14.3 Å². The van der Waals surface area contributed by atoms with E-state index < -0.39 is 0 Å². The molecule has 0 unspecified atom stereocenters. The molecule has 22 heavy (non-hydrogen) atoms. The summed E-state index contributed by atoms with van der Waals surface area (Å²) in [6.07, 6.45) is 2.06. The molecule has 3 rings (SSSR count). The van der Waals surface area contributed by atoms with Gasteiger partial charge in [0.15, 0.2) is 0 Å². The number of benzene rings is 1. The van der Waals surface area contributed by atoms with E-state index in [9.17, 15) is 4.79 Å². The Balaban J connectivity index is 1.88.